The predicted molar refractivity (Wildman–Crippen MR) is 100 cm³/mol. The summed E-state index contributed by atoms with van der Waals surface area (Å²) in [5, 5.41) is 3.76. The number of piperazine rings is 1. The Morgan fingerprint density at radius 3 is 2.56 bits per heavy atom. The van der Waals surface area contributed by atoms with Crippen LogP contribution in [0.15, 0.2) is 24.3 Å². The van der Waals surface area contributed by atoms with Gasteiger partial charge in [0.25, 0.3) is 0 Å². The minimum Gasteiger partial charge on any atom is -0.377 e. The van der Waals surface area contributed by atoms with Crippen LogP contribution in [0.4, 0.5) is 0 Å². The summed E-state index contributed by atoms with van der Waals surface area (Å²) in [6.45, 7) is 7.08. The minimum atomic E-state index is 0.113. The number of benzene rings is 1. The van der Waals surface area contributed by atoms with Gasteiger partial charge in [-0.15, -0.1) is 0 Å². The first-order valence-corrected chi connectivity index (χ1v) is 9.64. The van der Waals surface area contributed by atoms with E-state index in [1.165, 1.54) is 18.4 Å². The van der Waals surface area contributed by atoms with Gasteiger partial charge in [-0.05, 0) is 37.0 Å². The van der Waals surface area contributed by atoms with Crippen LogP contribution >= 0.6 is 11.6 Å². The van der Waals surface area contributed by atoms with Gasteiger partial charge in [-0.1, -0.05) is 23.7 Å². The van der Waals surface area contributed by atoms with Crippen molar-refractivity contribution >= 4 is 17.5 Å². The highest BCUT2D eigenvalue weighted by Gasteiger charge is 2.23. The number of nitrogens with zero attached hydrogens (tertiary/aromatic N) is 2. The van der Waals surface area contributed by atoms with Gasteiger partial charge in [0.2, 0.25) is 5.91 Å². The number of halogens is 1. The zero-order valence-corrected chi connectivity index (χ0v) is 15.5. The molecule has 1 aromatic carbocycles. The molecule has 1 aromatic rings. The van der Waals surface area contributed by atoms with E-state index in [0.717, 1.165) is 50.8 Å². The van der Waals surface area contributed by atoms with Crippen LogP contribution in [-0.2, 0) is 16.0 Å². The second kappa shape index (κ2) is 9.53. The van der Waals surface area contributed by atoms with Crippen molar-refractivity contribution in [1.82, 2.24) is 15.1 Å². The van der Waals surface area contributed by atoms with Crippen LogP contribution in [0.5, 0.6) is 0 Å². The highest BCUT2D eigenvalue weighted by Crippen LogP contribution is 2.14. The molecule has 0 saturated carbocycles. The maximum atomic E-state index is 12.1. The normalized spacial score (nSPS) is 22.2. The van der Waals surface area contributed by atoms with Crippen LogP contribution in [0.3, 0.4) is 0 Å². The Balaban J connectivity index is 1.29. The third-order valence-electron chi connectivity index (χ3n) is 4.97. The number of carbonyl (C=O) groups is 1. The van der Waals surface area contributed by atoms with Crippen molar-refractivity contribution in [2.45, 2.75) is 25.4 Å². The van der Waals surface area contributed by atoms with Gasteiger partial charge in [0.05, 0.1) is 12.6 Å². The number of ether oxygens (including phenoxy) is 1. The molecule has 25 heavy (non-hydrogen) atoms. The zero-order valence-electron chi connectivity index (χ0n) is 14.8. The molecule has 3 rings (SSSR count). The average Bonchev–Trinajstić information content (AvgIpc) is 3.11. The predicted octanol–water partition coefficient (Wildman–Crippen LogP) is 1.80. The van der Waals surface area contributed by atoms with Crippen LogP contribution in [0.1, 0.15) is 18.4 Å². The van der Waals surface area contributed by atoms with E-state index < -0.39 is 0 Å². The summed E-state index contributed by atoms with van der Waals surface area (Å²) in [5.41, 5.74) is 1.19. The molecule has 0 radical (unpaired) electrons. The molecule has 138 valence electrons. The number of carbonyl (C=O) groups excluding carboxylic acids is 1. The van der Waals surface area contributed by atoms with Gasteiger partial charge in [-0.25, -0.2) is 0 Å². The van der Waals surface area contributed by atoms with Crippen molar-refractivity contribution in [2.24, 2.45) is 0 Å². The van der Waals surface area contributed by atoms with Gasteiger partial charge in [-0.2, -0.15) is 0 Å². The quantitative estimate of drug-likeness (QED) is 0.800. The van der Waals surface area contributed by atoms with E-state index in [-0.39, 0.29) is 5.91 Å². The summed E-state index contributed by atoms with van der Waals surface area (Å²) in [4.78, 5) is 16.8. The molecule has 2 fully saturated rings. The molecule has 2 saturated heterocycles. The lowest BCUT2D eigenvalue weighted by Crippen LogP contribution is -2.51. The molecule has 0 bridgehead atoms. The molecule has 0 aliphatic carbocycles. The molecule has 1 amide bonds. The second-order valence-electron chi connectivity index (χ2n) is 6.94. The Morgan fingerprint density at radius 1 is 1.16 bits per heavy atom. The number of hydrogen-bond acceptors (Lipinski definition) is 4. The average molecular weight is 366 g/mol. The summed E-state index contributed by atoms with van der Waals surface area (Å²) in [5.74, 6) is 0.113. The van der Waals surface area contributed by atoms with Gasteiger partial charge in [0.1, 0.15) is 0 Å². The molecular weight excluding hydrogens is 338 g/mol. The summed E-state index contributed by atoms with van der Waals surface area (Å²) in [6, 6.07) is 7.77. The summed E-state index contributed by atoms with van der Waals surface area (Å²) < 4.78 is 5.71. The number of rotatable bonds is 7. The first kappa shape index (κ1) is 18.6. The Hall–Kier alpha value is -1.14. The van der Waals surface area contributed by atoms with Crippen molar-refractivity contribution in [1.29, 1.82) is 0 Å². The van der Waals surface area contributed by atoms with Crippen LogP contribution in [0, 0.1) is 0 Å². The molecule has 0 spiro atoms. The fraction of sp³-hybridized carbons (Fsp3) is 0.632. The van der Waals surface area contributed by atoms with E-state index >= 15 is 0 Å². The van der Waals surface area contributed by atoms with Crippen LogP contribution in [0.25, 0.3) is 0 Å². The minimum absolute atomic E-state index is 0.113. The van der Waals surface area contributed by atoms with Gasteiger partial charge in [-0.3, -0.25) is 14.6 Å². The third kappa shape index (κ3) is 6.26. The number of hydrogen-bond donors (Lipinski definition) is 1. The summed E-state index contributed by atoms with van der Waals surface area (Å²) in [6.07, 6.45) is 3.64. The first-order chi connectivity index (χ1) is 12.2. The highest BCUT2D eigenvalue weighted by atomic mass is 35.5. The van der Waals surface area contributed by atoms with E-state index in [0.29, 0.717) is 19.2 Å². The molecule has 2 heterocycles. The van der Waals surface area contributed by atoms with Gasteiger partial charge >= 0.3 is 0 Å². The molecule has 1 atom stereocenters. The topological polar surface area (TPSA) is 44.8 Å². The Kier molecular flexibility index (Phi) is 7.11. The Labute approximate surface area is 155 Å². The van der Waals surface area contributed by atoms with Gasteiger partial charge in [0, 0.05) is 50.9 Å². The molecule has 5 nitrogen and oxygen atoms in total. The molecule has 0 unspecified atom stereocenters. The molecule has 1 N–H and O–H groups in total. The molecule has 6 heteroatoms. The Morgan fingerprint density at radius 2 is 1.88 bits per heavy atom. The van der Waals surface area contributed by atoms with Gasteiger partial charge < -0.3 is 10.1 Å². The Bertz CT molecular complexity index is 538. The fourth-order valence-corrected chi connectivity index (χ4v) is 3.59. The second-order valence-corrected chi connectivity index (χ2v) is 7.37. The first-order valence-electron chi connectivity index (χ1n) is 9.26. The van der Waals surface area contributed by atoms with Crippen molar-refractivity contribution in [3.63, 3.8) is 0 Å². The van der Waals surface area contributed by atoms with Crippen LogP contribution in [-0.4, -0.2) is 74.2 Å². The molecular formula is C19H28ClN3O2. The summed E-state index contributed by atoms with van der Waals surface area (Å²) >= 11 is 5.88. The standard InChI is InChI=1S/C19H28ClN3O2/c20-17-5-3-16(4-6-17)7-8-21-19(24)15-23-11-9-22(10-12-23)14-18-2-1-13-25-18/h3-6,18H,1-2,7-15H2,(H,21,24)/t18-/m0/s1. The lowest BCUT2D eigenvalue weighted by Gasteiger charge is -2.35. The van der Waals surface area contributed by atoms with Crippen molar-refractivity contribution in [2.75, 3.05) is 52.4 Å². The van der Waals surface area contributed by atoms with E-state index in [1.807, 2.05) is 24.3 Å². The monoisotopic (exact) mass is 365 g/mol. The SMILES string of the molecule is O=C(CN1CCN(C[C@@H]2CCCO2)CC1)NCCc1ccc(Cl)cc1. The van der Waals surface area contributed by atoms with Crippen molar-refractivity contribution in [3.8, 4) is 0 Å². The molecule has 2 aliphatic rings. The lowest BCUT2D eigenvalue weighted by molar-refractivity contribution is -0.122. The van der Waals surface area contributed by atoms with Crippen molar-refractivity contribution in [3.05, 3.63) is 34.9 Å². The van der Waals surface area contributed by atoms with E-state index in [1.54, 1.807) is 0 Å². The fourth-order valence-electron chi connectivity index (χ4n) is 3.46. The zero-order chi connectivity index (χ0) is 17.5. The smallest absolute Gasteiger partial charge is 0.234 e. The molecule has 0 aromatic heterocycles. The van der Waals surface area contributed by atoms with E-state index in [2.05, 4.69) is 15.1 Å². The van der Waals surface area contributed by atoms with Crippen LogP contribution in [0.2, 0.25) is 5.02 Å². The maximum Gasteiger partial charge on any atom is 0.234 e. The van der Waals surface area contributed by atoms with E-state index in [9.17, 15) is 4.79 Å². The van der Waals surface area contributed by atoms with Gasteiger partial charge in [0.15, 0.2) is 0 Å². The van der Waals surface area contributed by atoms with Crippen molar-refractivity contribution < 1.29 is 9.53 Å². The lowest BCUT2D eigenvalue weighted by atomic mass is 10.1. The molecule has 2 aliphatic heterocycles. The summed E-state index contributed by atoms with van der Waals surface area (Å²) in [7, 11) is 0. The highest BCUT2D eigenvalue weighted by molar-refractivity contribution is 6.30. The van der Waals surface area contributed by atoms with E-state index in [4.69, 9.17) is 16.3 Å². The number of amides is 1. The number of nitrogens with one attached hydrogen (secondary N) is 1. The van der Waals surface area contributed by atoms with Crippen LogP contribution < -0.4 is 5.32 Å². The maximum absolute atomic E-state index is 12.1. The third-order valence-corrected chi connectivity index (χ3v) is 5.22. The largest absolute Gasteiger partial charge is 0.377 e.